The van der Waals surface area contributed by atoms with Gasteiger partial charge in [0.25, 0.3) is 0 Å². The van der Waals surface area contributed by atoms with Crippen LogP contribution in [0.4, 0.5) is 0 Å². The molecule has 0 aliphatic rings. The second kappa shape index (κ2) is 9.02. The van der Waals surface area contributed by atoms with Crippen molar-refractivity contribution >= 4 is 11.9 Å². The normalized spacial score (nSPS) is 14.2. The van der Waals surface area contributed by atoms with Crippen LogP contribution in [0.15, 0.2) is 0 Å². The molecule has 2 N–H and O–H groups in total. The number of aliphatic carboxylic acids is 2. The van der Waals surface area contributed by atoms with Gasteiger partial charge in [0.15, 0.2) is 0 Å². The Labute approximate surface area is 103 Å². The van der Waals surface area contributed by atoms with Crippen LogP contribution in [0.25, 0.3) is 0 Å². The zero-order chi connectivity index (χ0) is 13.3. The topological polar surface area (TPSA) is 74.6 Å². The SMILES string of the molecule is CCC(CCCC(CC)C(=O)O)CCC(=O)O. The number of hydrogen-bond acceptors (Lipinski definition) is 2. The fourth-order valence-electron chi connectivity index (χ4n) is 2.04. The Bertz CT molecular complexity index is 238. The Morgan fingerprint density at radius 1 is 1.00 bits per heavy atom. The van der Waals surface area contributed by atoms with E-state index < -0.39 is 11.9 Å². The lowest BCUT2D eigenvalue weighted by Crippen LogP contribution is -2.13. The molecule has 2 unspecified atom stereocenters. The zero-order valence-electron chi connectivity index (χ0n) is 10.8. The maximum Gasteiger partial charge on any atom is 0.306 e. The highest BCUT2D eigenvalue weighted by Crippen LogP contribution is 2.21. The first-order valence-electron chi connectivity index (χ1n) is 6.45. The molecule has 2 atom stereocenters. The van der Waals surface area contributed by atoms with Crippen molar-refractivity contribution in [2.24, 2.45) is 11.8 Å². The summed E-state index contributed by atoms with van der Waals surface area (Å²) in [5.74, 6) is -1.30. The van der Waals surface area contributed by atoms with Gasteiger partial charge in [0.1, 0.15) is 0 Å². The highest BCUT2D eigenvalue weighted by Gasteiger charge is 2.15. The smallest absolute Gasteiger partial charge is 0.306 e. The fourth-order valence-corrected chi connectivity index (χ4v) is 2.04. The molecular formula is C13H24O4. The van der Waals surface area contributed by atoms with Crippen LogP contribution in [0.1, 0.15) is 58.8 Å². The number of rotatable bonds is 10. The lowest BCUT2D eigenvalue weighted by molar-refractivity contribution is -0.142. The summed E-state index contributed by atoms with van der Waals surface area (Å²) in [6, 6.07) is 0. The van der Waals surface area contributed by atoms with Crippen LogP contribution in [-0.4, -0.2) is 22.2 Å². The molecule has 0 aromatic carbocycles. The van der Waals surface area contributed by atoms with Crippen LogP contribution in [0.3, 0.4) is 0 Å². The van der Waals surface area contributed by atoms with Gasteiger partial charge in [-0.3, -0.25) is 9.59 Å². The second-order valence-electron chi connectivity index (χ2n) is 4.58. The molecule has 0 saturated carbocycles. The predicted octanol–water partition coefficient (Wildman–Crippen LogP) is 3.16. The molecule has 0 amide bonds. The summed E-state index contributed by atoms with van der Waals surface area (Å²) in [7, 11) is 0. The van der Waals surface area contributed by atoms with Gasteiger partial charge in [-0.25, -0.2) is 0 Å². The molecule has 0 spiro atoms. The Morgan fingerprint density at radius 2 is 1.65 bits per heavy atom. The monoisotopic (exact) mass is 244 g/mol. The van der Waals surface area contributed by atoms with Crippen molar-refractivity contribution < 1.29 is 19.8 Å². The van der Waals surface area contributed by atoms with Crippen molar-refractivity contribution in [1.29, 1.82) is 0 Å². The Kier molecular flexibility index (Phi) is 8.46. The van der Waals surface area contributed by atoms with E-state index in [-0.39, 0.29) is 12.3 Å². The van der Waals surface area contributed by atoms with Gasteiger partial charge in [-0.05, 0) is 25.2 Å². The van der Waals surface area contributed by atoms with Gasteiger partial charge in [-0.2, -0.15) is 0 Å². The van der Waals surface area contributed by atoms with E-state index in [1.54, 1.807) is 0 Å². The molecule has 0 radical (unpaired) electrons. The molecule has 0 saturated heterocycles. The van der Waals surface area contributed by atoms with E-state index >= 15 is 0 Å². The minimum atomic E-state index is -0.750. The van der Waals surface area contributed by atoms with Crippen LogP contribution in [-0.2, 0) is 9.59 Å². The summed E-state index contributed by atoms with van der Waals surface area (Å²) in [6.45, 7) is 3.95. The molecule has 100 valence electrons. The molecule has 0 bridgehead atoms. The highest BCUT2D eigenvalue weighted by atomic mass is 16.4. The molecule has 0 rings (SSSR count). The van der Waals surface area contributed by atoms with E-state index in [0.29, 0.717) is 25.2 Å². The third-order valence-corrected chi connectivity index (χ3v) is 3.35. The molecule has 0 heterocycles. The summed E-state index contributed by atoms with van der Waals surface area (Å²) in [4.78, 5) is 21.3. The molecule has 17 heavy (non-hydrogen) atoms. The average Bonchev–Trinajstić information content (AvgIpc) is 2.27. The van der Waals surface area contributed by atoms with Crippen LogP contribution in [0, 0.1) is 11.8 Å². The average molecular weight is 244 g/mol. The van der Waals surface area contributed by atoms with E-state index in [9.17, 15) is 9.59 Å². The summed E-state index contributed by atoms with van der Waals surface area (Å²) in [5, 5.41) is 17.5. The van der Waals surface area contributed by atoms with Crippen LogP contribution in [0.2, 0.25) is 0 Å². The second-order valence-corrected chi connectivity index (χ2v) is 4.58. The fraction of sp³-hybridized carbons (Fsp3) is 0.846. The lowest BCUT2D eigenvalue weighted by Gasteiger charge is -2.15. The Balaban J connectivity index is 3.82. The summed E-state index contributed by atoms with van der Waals surface area (Å²) < 4.78 is 0. The van der Waals surface area contributed by atoms with Crippen molar-refractivity contribution in [3.63, 3.8) is 0 Å². The third-order valence-electron chi connectivity index (χ3n) is 3.35. The van der Waals surface area contributed by atoms with Gasteiger partial charge in [0.2, 0.25) is 0 Å². The third kappa shape index (κ3) is 7.77. The lowest BCUT2D eigenvalue weighted by atomic mass is 9.91. The molecular weight excluding hydrogens is 220 g/mol. The largest absolute Gasteiger partial charge is 0.481 e. The van der Waals surface area contributed by atoms with E-state index in [0.717, 1.165) is 19.3 Å². The van der Waals surface area contributed by atoms with Crippen LogP contribution < -0.4 is 0 Å². The Hall–Kier alpha value is -1.06. The first-order valence-corrected chi connectivity index (χ1v) is 6.45. The van der Waals surface area contributed by atoms with Crippen molar-refractivity contribution in [3.05, 3.63) is 0 Å². The van der Waals surface area contributed by atoms with Gasteiger partial charge in [0.05, 0.1) is 5.92 Å². The van der Waals surface area contributed by atoms with Gasteiger partial charge in [-0.1, -0.05) is 33.1 Å². The standard InChI is InChI=1S/C13H24O4/c1-3-10(8-9-12(14)15)6-5-7-11(4-2)13(16)17/h10-11H,3-9H2,1-2H3,(H,14,15)(H,16,17). The van der Waals surface area contributed by atoms with Crippen molar-refractivity contribution in [3.8, 4) is 0 Å². The molecule has 0 aromatic rings. The highest BCUT2D eigenvalue weighted by molar-refractivity contribution is 5.69. The van der Waals surface area contributed by atoms with Crippen molar-refractivity contribution in [2.75, 3.05) is 0 Å². The summed E-state index contributed by atoms with van der Waals surface area (Å²) in [5.41, 5.74) is 0. The van der Waals surface area contributed by atoms with Gasteiger partial charge in [-0.15, -0.1) is 0 Å². The number of carbonyl (C=O) groups is 2. The van der Waals surface area contributed by atoms with Gasteiger partial charge in [0, 0.05) is 6.42 Å². The van der Waals surface area contributed by atoms with Gasteiger partial charge < -0.3 is 10.2 Å². The predicted molar refractivity (Wildman–Crippen MR) is 65.9 cm³/mol. The van der Waals surface area contributed by atoms with E-state index in [2.05, 4.69) is 6.92 Å². The van der Waals surface area contributed by atoms with Crippen LogP contribution >= 0.6 is 0 Å². The van der Waals surface area contributed by atoms with Crippen molar-refractivity contribution in [1.82, 2.24) is 0 Å². The van der Waals surface area contributed by atoms with E-state index in [1.807, 2.05) is 6.92 Å². The zero-order valence-corrected chi connectivity index (χ0v) is 10.8. The number of carboxylic acids is 2. The first-order chi connectivity index (χ1) is 8.01. The molecule has 0 aliphatic carbocycles. The molecule has 0 aliphatic heterocycles. The van der Waals surface area contributed by atoms with Gasteiger partial charge >= 0.3 is 11.9 Å². The summed E-state index contributed by atoms with van der Waals surface area (Å²) >= 11 is 0. The van der Waals surface area contributed by atoms with E-state index in [4.69, 9.17) is 10.2 Å². The number of hydrogen-bond donors (Lipinski definition) is 2. The quantitative estimate of drug-likeness (QED) is 0.619. The first kappa shape index (κ1) is 15.9. The molecule has 4 nitrogen and oxygen atoms in total. The molecule has 0 fully saturated rings. The molecule has 4 heteroatoms. The Morgan fingerprint density at radius 3 is 2.06 bits per heavy atom. The summed E-state index contributed by atoms with van der Waals surface area (Å²) in [6.07, 6.45) is 5.08. The van der Waals surface area contributed by atoms with E-state index in [1.165, 1.54) is 0 Å². The van der Waals surface area contributed by atoms with Crippen LogP contribution in [0.5, 0.6) is 0 Å². The minimum absolute atomic E-state index is 0.217. The number of carboxylic acid groups (broad SMARTS) is 2. The van der Waals surface area contributed by atoms with Crippen molar-refractivity contribution in [2.45, 2.75) is 58.8 Å². The maximum absolute atomic E-state index is 10.8. The molecule has 0 aromatic heterocycles. The maximum atomic E-state index is 10.8. The minimum Gasteiger partial charge on any atom is -0.481 e.